The topological polar surface area (TPSA) is 29.1 Å². The van der Waals surface area contributed by atoms with E-state index in [0.29, 0.717) is 5.92 Å². The zero-order chi connectivity index (χ0) is 12.8. The van der Waals surface area contributed by atoms with Gasteiger partial charge in [0, 0.05) is 12.5 Å². The highest BCUT2D eigenvalue weighted by molar-refractivity contribution is 5.78. The summed E-state index contributed by atoms with van der Waals surface area (Å²) in [6, 6.07) is 10.4. The monoisotopic (exact) mass is 245 g/mol. The number of benzene rings is 1. The second kappa shape index (κ2) is 6.58. The van der Waals surface area contributed by atoms with E-state index < -0.39 is 0 Å². The van der Waals surface area contributed by atoms with Crippen molar-refractivity contribution in [2.75, 3.05) is 6.54 Å². The first kappa shape index (κ1) is 13.1. The molecule has 0 heterocycles. The molecule has 1 fully saturated rings. The lowest BCUT2D eigenvalue weighted by Gasteiger charge is -2.22. The smallest absolute Gasteiger partial charge is 0.223 e. The molecule has 1 aliphatic carbocycles. The van der Waals surface area contributed by atoms with Crippen LogP contribution in [0.25, 0.3) is 0 Å². The van der Waals surface area contributed by atoms with E-state index in [0.717, 1.165) is 19.4 Å². The first-order chi connectivity index (χ1) is 8.77. The minimum absolute atomic E-state index is 0.262. The molecule has 1 N–H and O–H groups in total. The van der Waals surface area contributed by atoms with Gasteiger partial charge in [-0.15, -0.1) is 0 Å². The van der Waals surface area contributed by atoms with Crippen LogP contribution in [0.5, 0.6) is 0 Å². The number of nitrogens with one attached hydrogen (secondary N) is 1. The average Bonchev–Trinajstić information content (AvgIpc) is 2.46. The van der Waals surface area contributed by atoms with Crippen LogP contribution in [0.1, 0.15) is 50.5 Å². The van der Waals surface area contributed by atoms with Crippen LogP contribution in [-0.4, -0.2) is 12.5 Å². The Morgan fingerprint density at radius 1 is 1.22 bits per heavy atom. The van der Waals surface area contributed by atoms with E-state index in [9.17, 15) is 4.79 Å². The summed E-state index contributed by atoms with van der Waals surface area (Å²) in [6.45, 7) is 2.91. The predicted octanol–water partition coefficient (Wildman–Crippen LogP) is 3.49. The van der Waals surface area contributed by atoms with Gasteiger partial charge in [-0.05, 0) is 24.3 Å². The molecule has 1 aromatic carbocycles. The molecule has 98 valence electrons. The van der Waals surface area contributed by atoms with Gasteiger partial charge in [0.15, 0.2) is 0 Å². The van der Waals surface area contributed by atoms with Gasteiger partial charge >= 0.3 is 0 Å². The third kappa shape index (κ3) is 3.59. The molecule has 0 radical (unpaired) electrons. The maximum Gasteiger partial charge on any atom is 0.223 e. The van der Waals surface area contributed by atoms with Gasteiger partial charge in [0.1, 0.15) is 0 Å². The molecule has 1 unspecified atom stereocenters. The van der Waals surface area contributed by atoms with Crippen LogP contribution in [0.2, 0.25) is 0 Å². The minimum atomic E-state index is 0.262. The van der Waals surface area contributed by atoms with Crippen LogP contribution in [0.15, 0.2) is 30.3 Å². The molecule has 1 aromatic rings. The summed E-state index contributed by atoms with van der Waals surface area (Å²) in [5, 5.41) is 3.11. The second-order valence-corrected chi connectivity index (χ2v) is 5.39. The van der Waals surface area contributed by atoms with Crippen LogP contribution in [0, 0.1) is 5.92 Å². The summed E-state index contributed by atoms with van der Waals surface area (Å²) in [4.78, 5) is 12.0. The molecule has 1 amide bonds. The first-order valence-electron chi connectivity index (χ1n) is 7.10. The molecule has 0 bridgehead atoms. The summed E-state index contributed by atoms with van der Waals surface area (Å²) in [5.74, 6) is 0.915. The van der Waals surface area contributed by atoms with Crippen LogP contribution < -0.4 is 5.32 Å². The molecular formula is C16H23NO. The Bertz CT molecular complexity index is 368. The van der Waals surface area contributed by atoms with Crippen LogP contribution >= 0.6 is 0 Å². The number of amides is 1. The van der Waals surface area contributed by atoms with E-state index >= 15 is 0 Å². The van der Waals surface area contributed by atoms with Gasteiger partial charge in [-0.1, -0.05) is 56.5 Å². The van der Waals surface area contributed by atoms with Gasteiger partial charge in [0.2, 0.25) is 5.91 Å². The third-order valence-corrected chi connectivity index (χ3v) is 3.93. The van der Waals surface area contributed by atoms with Crippen molar-refractivity contribution in [2.45, 2.75) is 44.9 Å². The molecule has 0 aliphatic heterocycles. The van der Waals surface area contributed by atoms with Crippen molar-refractivity contribution < 1.29 is 4.79 Å². The van der Waals surface area contributed by atoms with Crippen molar-refractivity contribution in [2.24, 2.45) is 5.92 Å². The van der Waals surface area contributed by atoms with Crippen LogP contribution in [-0.2, 0) is 4.79 Å². The van der Waals surface area contributed by atoms with Crippen LogP contribution in [0.3, 0.4) is 0 Å². The van der Waals surface area contributed by atoms with E-state index in [2.05, 4.69) is 36.5 Å². The number of carbonyl (C=O) groups excluding carboxylic acids is 1. The molecule has 2 nitrogen and oxygen atoms in total. The number of rotatable bonds is 4. The Morgan fingerprint density at radius 2 is 1.89 bits per heavy atom. The number of hydrogen-bond acceptors (Lipinski definition) is 1. The second-order valence-electron chi connectivity index (χ2n) is 5.39. The van der Waals surface area contributed by atoms with Gasteiger partial charge in [-0.25, -0.2) is 0 Å². The van der Waals surface area contributed by atoms with E-state index in [1.165, 1.54) is 24.8 Å². The van der Waals surface area contributed by atoms with Crippen molar-refractivity contribution in [3.8, 4) is 0 Å². The summed E-state index contributed by atoms with van der Waals surface area (Å²) in [5.41, 5.74) is 1.29. The first-order valence-corrected chi connectivity index (χ1v) is 7.10. The van der Waals surface area contributed by atoms with Crippen molar-refractivity contribution in [3.63, 3.8) is 0 Å². The quantitative estimate of drug-likeness (QED) is 0.864. The lowest BCUT2D eigenvalue weighted by atomic mass is 9.88. The van der Waals surface area contributed by atoms with Crippen molar-refractivity contribution in [3.05, 3.63) is 35.9 Å². The molecular weight excluding hydrogens is 222 g/mol. The Balaban J connectivity index is 1.78. The fraction of sp³-hybridized carbons (Fsp3) is 0.562. The highest BCUT2D eigenvalue weighted by Crippen LogP contribution is 2.23. The molecule has 0 aromatic heterocycles. The Kier molecular flexibility index (Phi) is 4.80. The average molecular weight is 245 g/mol. The van der Waals surface area contributed by atoms with Crippen LogP contribution in [0.4, 0.5) is 0 Å². The van der Waals surface area contributed by atoms with Crippen molar-refractivity contribution in [1.29, 1.82) is 0 Å². The molecule has 1 atom stereocenters. The van der Waals surface area contributed by atoms with Crippen molar-refractivity contribution in [1.82, 2.24) is 5.32 Å². The van der Waals surface area contributed by atoms with Crippen molar-refractivity contribution >= 4 is 5.91 Å². The van der Waals surface area contributed by atoms with Gasteiger partial charge in [-0.3, -0.25) is 4.79 Å². The fourth-order valence-electron chi connectivity index (χ4n) is 2.66. The summed E-state index contributed by atoms with van der Waals surface area (Å²) >= 11 is 0. The summed E-state index contributed by atoms with van der Waals surface area (Å²) < 4.78 is 0. The fourth-order valence-corrected chi connectivity index (χ4v) is 2.66. The molecule has 2 rings (SSSR count). The Hall–Kier alpha value is -1.31. The van der Waals surface area contributed by atoms with E-state index in [1.807, 2.05) is 6.07 Å². The van der Waals surface area contributed by atoms with Gasteiger partial charge in [0.05, 0.1) is 0 Å². The molecule has 18 heavy (non-hydrogen) atoms. The standard InChI is InChI=1S/C16H23NO/c1-13(14-8-4-2-5-9-14)12-17-16(18)15-10-6-3-7-11-15/h2,4-5,8-9,13,15H,3,6-7,10-12H2,1H3,(H,17,18). The van der Waals surface area contributed by atoms with E-state index in [1.54, 1.807) is 0 Å². The molecule has 0 spiro atoms. The molecule has 1 saturated carbocycles. The Labute approximate surface area is 110 Å². The molecule has 2 heteroatoms. The number of carbonyl (C=O) groups is 1. The normalized spacial score (nSPS) is 18.3. The zero-order valence-electron chi connectivity index (χ0n) is 11.2. The summed E-state index contributed by atoms with van der Waals surface area (Å²) in [6.07, 6.45) is 5.87. The molecule has 0 saturated heterocycles. The summed E-state index contributed by atoms with van der Waals surface area (Å²) in [7, 11) is 0. The zero-order valence-corrected chi connectivity index (χ0v) is 11.2. The van der Waals surface area contributed by atoms with Gasteiger partial charge < -0.3 is 5.32 Å². The molecule has 1 aliphatic rings. The minimum Gasteiger partial charge on any atom is -0.355 e. The van der Waals surface area contributed by atoms with Gasteiger partial charge in [-0.2, -0.15) is 0 Å². The Morgan fingerprint density at radius 3 is 2.56 bits per heavy atom. The third-order valence-electron chi connectivity index (χ3n) is 3.93. The highest BCUT2D eigenvalue weighted by atomic mass is 16.1. The lowest BCUT2D eigenvalue weighted by molar-refractivity contribution is -0.125. The number of hydrogen-bond donors (Lipinski definition) is 1. The van der Waals surface area contributed by atoms with E-state index in [-0.39, 0.29) is 11.8 Å². The highest BCUT2D eigenvalue weighted by Gasteiger charge is 2.21. The SMILES string of the molecule is CC(CNC(=O)C1CCCCC1)c1ccccc1. The van der Waals surface area contributed by atoms with E-state index in [4.69, 9.17) is 0 Å². The maximum atomic E-state index is 12.0. The maximum absolute atomic E-state index is 12.0. The largest absolute Gasteiger partial charge is 0.355 e. The van der Waals surface area contributed by atoms with Gasteiger partial charge in [0.25, 0.3) is 0 Å². The predicted molar refractivity (Wildman–Crippen MR) is 74.4 cm³/mol. The lowest BCUT2D eigenvalue weighted by Crippen LogP contribution is -2.34.